The van der Waals surface area contributed by atoms with Gasteiger partial charge < -0.3 is 19.3 Å². The van der Waals surface area contributed by atoms with Gasteiger partial charge in [0.15, 0.2) is 5.72 Å². The molecule has 0 unspecified atom stereocenters. The lowest BCUT2D eigenvalue weighted by molar-refractivity contribution is -0.136. The van der Waals surface area contributed by atoms with E-state index in [1.165, 1.54) is 0 Å². The molecule has 3 aliphatic rings. The highest BCUT2D eigenvalue weighted by atomic mass is 16.5. The van der Waals surface area contributed by atoms with Crippen molar-refractivity contribution in [2.24, 2.45) is 0 Å². The quantitative estimate of drug-likeness (QED) is 0.822. The highest BCUT2D eigenvalue weighted by Crippen LogP contribution is 2.46. The van der Waals surface area contributed by atoms with E-state index < -0.39 is 5.72 Å². The van der Waals surface area contributed by atoms with Gasteiger partial charge >= 0.3 is 0 Å². The number of carbonyl (C=O) groups excluding carboxylic acids is 2. The monoisotopic (exact) mass is 316 g/mol. The van der Waals surface area contributed by atoms with Crippen LogP contribution in [0.2, 0.25) is 0 Å². The van der Waals surface area contributed by atoms with Crippen LogP contribution in [0.15, 0.2) is 18.2 Å². The highest BCUT2D eigenvalue weighted by Gasteiger charge is 2.63. The molecule has 3 heterocycles. The first kappa shape index (κ1) is 14.5. The van der Waals surface area contributed by atoms with Gasteiger partial charge in [0.1, 0.15) is 5.75 Å². The molecule has 2 amide bonds. The molecule has 2 atom stereocenters. The molecule has 0 N–H and O–H groups in total. The van der Waals surface area contributed by atoms with Crippen LogP contribution in [-0.2, 0) is 9.53 Å². The molecule has 6 nitrogen and oxygen atoms in total. The predicted octanol–water partition coefficient (Wildman–Crippen LogP) is 1.18. The average Bonchev–Trinajstić information content (AvgIpc) is 3.18. The van der Waals surface area contributed by atoms with E-state index in [2.05, 4.69) is 0 Å². The smallest absolute Gasteiger partial charge is 0.258 e. The Hall–Kier alpha value is -2.08. The number of hydrogen-bond donors (Lipinski definition) is 0. The van der Waals surface area contributed by atoms with E-state index >= 15 is 0 Å². The molecule has 3 fully saturated rings. The number of methoxy groups -OCH3 is 1. The van der Waals surface area contributed by atoms with Gasteiger partial charge in [0, 0.05) is 19.5 Å². The van der Waals surface area contributed by atoms with Crippen LogP contribution in [0.5, 0.6) is 5.75 Å². The fraction of sp³-hybridized carbons (Fsp3) is 0.529. The lowest BCUT2D eigenvalue weighted by Crippen LogP contribution is -2.48. The summed E-state index contributed by atoms with van der Waals surface area (Å²) >= 11 is 0. The molecule has 3 aliphatic heterocycles. The van der Waals surface area contributed by atoms with E-state index in [9.17, 15) is 9.59 Å². The fourth-order valence-electron chi connectivity index (χ4n) is 4.18. The third kappa shape index (κ3) is 1.91. The number of hydrogen-bond acceptors (Lipinski definition) is 4. The summed E-state index contributed by atoms with van der Waals surface area (Å²) in [5.41, 5.74) is 0.960. The maximum Gasteiger partial charge on any atom is 0.258 e. The maximum atomic E-state index is 13.1. The van der Waals surface area contributed by atoms with Gasteiger partial charge in [-0.2, -0.15) is 0 Å². The second-order valence-corrected chi connectivity index (χ2v) is 6.41. The lowest BCUT2D eigenvalue weighted by Gasteiger charge is -2.31. The summed E-state index contributed by atoms with van der Waals surface area (Å²) < 4.78 is 11.3. The Balaban J connectivity index is 1.68. The second kappa shape index (κ2) is 4.96. The van der Waals surface area contributed by atoms with Gasteiger partial charge in [-0.25, -0.2) is 0 Å². The second-order valence-electron chi connectivity index (χ2n) is 6.41. The molecular weight excluding hydrogens is 296 g/mol. The molecule has 1 aromatic rings. The van der Waals surface area contributed by atoms with Gasteiger partial charge in [-0.15, -0.1) is 0 Å². The summed E-state index contributed by atoms with van der Waals surface area (Å²) in [7, 11) is 1.56. The largest absolute Gasteiger partial charge is 0.496 e. The predicted molar refractivity (Wildman–Crippen MR) is 82.2 cm³/mol. The Bertz CT molecular complexity index is 689. The summed E-state index contributed by atoms with van der Waals surface area (Å²) in [5.74, 6) is 0.564. The van der Waals surface area contributed by atoms with Crippen molar-refractivity contribution in [2.45, 2.75) is 31.5 Å². The minimum atomic E-state index is -0.593. The van der Waals surface area contributed by atoms with Crippen molar-refractivity contribution in [2.75, 3.05) is 26.8 Å². The molecule has 0 radical (unpaired) electrons. The first-order valence-corrected chi connectivity index (χ1v) is 7.97. The maximum absolute atomic E-state index is 13.1. The minimum Gasteiger partial charge on any atom is -0.496 e. The van der Waals surface area contributed by atoms with E-state index in [1.807, 2.05) is 30.0 Å². The Morgan fingerprint density at radius 2 is 2.22 bits per heavy atom. The van der Waals surface area contributed by atoms with Crippen molar-refractivity contribution in [3.8, 4) is 5.75 Å². The Morgan fingerprint density at radius 1 is 1.39 bits per heavy atom. The normalized spacial score (nSPS) is 29.0. The van der Waals surface area contributed by atoms with Crippen LogP contribution in [0.3, 0.4) is 0 Å². The van der Waals surface area contributed by atoms with Crippen molar-refractivity contribution >= 4 is 11.8 Å². The first-order chi connectivity index (χ1) is 11.1. The highest BCUT2D eigenvalue weighted by molar-refractivity contribution is 5.98. The minimum absolute atomic E-state index is 0.0845. The fourth-order valence-corrected chi connectivity index (χ4v) is 4.18. The molecule has 4 rings (SSSR count). The third-order valence-corrected chi connectivity index (χ3v) is 5.25. The number of aryl methyl sites for hydroxylation is 1. The average molecular weight is 316 g/mol. The van der Waals surface area contributed by atoms with Crippen LogP contribution in [0.25, 0.3) is 0 Å². The van der Waals surface area contributed by atoms with Crippen LogP contribution in [-0.4, -0.2) is 60.2 Å². The Labute approximate surface area is 134 Å². The molecule has 122 valence electrons. The number of nitrogens with zero attached hydrogens (tertiary/aromatic N) is 2. The van der Waals surface area contributed by atoms with Crippen LogP contribution in [0.4, 0.5) is 0 Å². The zero-order chi connectivity index (χ0) is 16.2. The van der Waals surface area contributed by atoms with Crippen LogP contribution in [0, 0.1) is 6.92 Å². The van der Waals surface area contributed by atoms with Gasteiger partial charge in [0.25, 0.3) is 5.91 Å². The lowest BCUT2D eigenvalue weighted by atomic mass is 10.0. The molecule has 3 saturated heterocycles. The van der Waals surface area contributed by atoms with Gasteiger partial charge in [-0.1, -0.05) is 11.6 Å². The number of rotatable bonds is 2. The van der Waals surface area contributed by atoms with Crippen molar-refractivity contribution in [1.29, 1.82) is 0 Å². The molecule has 0 aromatic heterocycles. The zero-order valence-corrected chi connectivity index (χ0v) is 13.4. The van der Waals surface area contributed by atoms with Gasteiger partial charge in [-0.3, -0.25) is 9.59 Å². The summed E-state index contributed by atoms with van der Waals surface area (Å²) in [6.07, 6.45) is 1.03. The summed E-state index contributed by atoms with van der Waals surface area (Å²) in [4.78, 5) is 28.9. The van der Waals surface area contributed by atoms with Gasteiger partial charge in [0.05, 0.1) is 31.7 Å². The van der Waals surface area contributed by atoms with E-state index in [4.69, 9.17) is 9.47 Å². The number of likely N-dealkylation sites (tertiary alicyclic amines) is 1. The molecule has 6 heteroatoms. The molecule has 0 aliphatic carbocycles. The van der Waals surface area contributed by atoms with Gasteiger partial charge in [0.2, 0.25) is 5.91 Å². The van der Waals surface area contributed by atoms with E-state index in [1.54, 1.807) is 12.0 Å². The van der Waals surface area contributed by atoms with Crippen molar-refractivity contribution in [3.63, 3.8) is 0 Å². The van der Waals surface area contributed by atoms with Crippen molar-refractivity contribution in [3.05, 3.63) is 29.3 Å². The SMILES string of the molecule is COc1ccc(C)cc1C(=O)N1CC[C@@]23OCCN2C(=O)C[C@@H]13. The molecular formula is C17H20N2O4. The topological polar surface area (TPSA) is 59.1 Å². The molecule has 0 saturated carbocycles. The zero-order valence-electron chi connectivity index (χ0n) is 13.4. The summed E-state index contributed by atoms with van der Waals surface area (Å²) in [6, 6.07) is 5.38. The van der Waals surface area contributed by atoms with E-state index in [0.29, 0.717) is 43.9 Å². The molecule has 1 spiro atoms. The van der Waals surface area contributed by atoms with Crippen LogP contribution in [0.1, 0.15) is 28.8 Å². The molecule has 23 heavy (non-hydrogen) atoms. The number of benzene rings is 1. The number of amides is 2. The van der Waals surface area contributed by atoms with E-state index in [-0.39, 0.29) is 17.9 Å². The van der Waals surface area contributed by atoms with Crippen LogP contribution < -0.4 is 4.74 Å². The Morgan fingerprint density at radius 3 is 3.00 bits per heavy atom. The number of carbonyl (C=O) groups is 2. The van der Waals surface area contributed by atoms with Crippen molar-refractivity contribution < 1.29 is 19.1 Å². The summed E-state index contributed by atoms with van der Waals surface area (Å²) in [5, 5.41) is 0. The van der Waals surface area contributed by atoms with Crippen molar-refractivity contribution in [1.82, 2.24) is 9.80 Å². The third-order valence-electron chi connectivity index (χ3n) is 5.25. The summed E-state index contributed by atoms with van der Waals surface area (Å²) in [6.45, 7) is 3.73. The van der Waals surface area contributed by atoms with E-state index in [0.717, 1.165) is 5.56 Å². The standard InChI is InChI=1S/C17H20N2O4/c1-11-3-4-13(22-2)12(9-11)16(21)18-6-5-17-14(18)10-15(20)19(17)7-8-23-17/h3-4,9,14H,5-8,10H2,1-2H3/t14-,17+/m1/s1. The van der Waals surface area contributed by atoms with Gasteiger partial charge in [-0.05, 0) is 19.1 Å². The first-order valence-electron chi connectivity index (χ1n) is 7.97. The molecule has 0 bridgehead atoms. The van der Waals surface area contributed by atoms with Crippen LogP contribution >= 0.6 is 0 Å². The Kier molecular flexibility index (Phi) is 3.13. The number of ether oxygens (including phenoxy) is 2. The molecule has 1 aromatic carbocycles.